The van der Waals surface area contributed by atoms with E-state index in [-0.39, 0.29) is 41.1 Å². The summed E-state index contributed by atoms with van der Waals surface area (Å²) in [6, 6.07) is 0. The molecule has 18 heavy (non-hydrogen) atoms. The lowest BCUT2D eigenvalue weighted by molar-refractivity contribution is -0.160. The zero-order chi connectivity index (χ0) is 13.7. The summed E-state index contributed by atoms with van der Waals surface area (Å²) in [7, 11) is 0. The Labute approximate surface area is 116 Å². The highest BCUT2D eigenvalue weighted by Crippen LogP contribution is 2.50. The smallest absolute Gasteiger partial charge is 0.311 e. The Morgan fingerprint density at radius 3 is 2.50 bits per heavy atom. The number of carbonyl (C=O) groups is 2. The standard InChI is InChI=1S/C12H16Cl2O4/c1-12(2,3)11(16)17-4-5-6-7(10(15)18-5)9(14)8(6)13/h5-9H,4H2,1-3H3. The Hall–Kier alpha value is -0.480. The molecule has 5 atom stereocenters. The minimum absolute atomic E-state index is 0.0514. The number of rotatable bonds is 2. The lowest BCUT2D eigenvalue weighted by Gasteiger charge is -2.39. The molecule has 4 nitrogen and oxygen atoms in total. The molecule has 0 radical (unpaired) electrons. The molecule has 0 spiro atoms. The van der Waals surface area contributed by atoms with E-state index in [9.17, 15) is 9.59 Å². The second-order valence-electron chi connectivity index (χ2n) is 5.82. The number of cyclic esters (lactones) is 1. The van der Waals surface area contributed by atoms with Gasteiger partial charge in [0.1, 0.15) is 12.7 Å². The predicted molar refractivity (Wildman–Crippen MR) is 66.6 cm³/mol. The van der Waals surface area contributed by atoms with Crippen molar-refractivity contribution in [1.29, 1.82) is 0 Å². The first-order valence-electron chi connectivity index (χ1n) is 5.89. The maximum absolute atomic E-state index is 11.6. The van der Waals surface area contributed by atoms with Crippen LogP contribution in [-0.2, 0) is 19.1 Å². The quantitative estimate of drug-likeness (QED) is 0.577. The first-order valence-corrected chi connectivity index (χ1v) is 6.76. The van der Waals surface area contributed by atoms with Crippen LogP contribution >= 0.6 is 23.2 Å². The fourth-order valence-corrected chi connectivity index (χ4v) is 3.14. The van der Waals surface area contributed by atoms with Gasteiger partial charge in [-0.25, -0.2) is 0 Å². The molecular formula is C12H16Cl2O4. The molecule has 1 heterocycles. The van der Waals surface area contributed by atoms with E-state index in [1.807, 2.05) is 0 Å². The van der Waals surface area contributed by atoms with Crippen LogP contribution in [0.1, 0.15) is 20.8 Å². The normalized spacial score (nSPS) is 38.7. The lowest BCUT2D eigenvalue weighted by Crippen LogP contribution is -2.52. The molecule has 0 aromatic carbocycles. The zero-order valence-electron chi connectivity index (χ0n) is 10.5. The van der Waals surface area contributed by atoms with Crippen molar-refractivity contribution in [2.75, 3.05) is 6.61 Å². The Morgan fingerprint density at radius 1 is 1.33 bits per heavy atom. The number of hydrogen-bond acceptors (Lipinski definition) is 4. The van der Waals surface area contributed by atoms with Crippen molar-refractivity contribution in [3.05, 3.63) is 0 Å². The predicted octanol–water partition coefficient (Wildman–Crippen LogP) is 1.96. The Kier molecular flexibility index (Phi) is 3.54. The van der Waals surface area contributed by atoms with Crippen LogP contribution in [0, 0.1) is 17.3 Å². The Bertz CT molecular complexity index is 377. The van der Waals surface area contributed by atoms with E-state index in [0.29, 0.717) is 0 Å². The van der Waals surface area contributed by atoms with Gasteiger partial charge in [-0.1, -0.05) is 0 Å². The monoisotopic (exact) mass is 294 g/mol. The largest absolute Gasteiger partial charge is 0.461 e. The second-order valence-corrected chi connectivity index (χ2v) is 6.82. The molecule has 6 heteroatoms. The van der Waals surface area contributed by atoms with E-state index in [4.69, 9.17) is 32.7 Å². The van der Waals surface area contributed by atoms with Gasteiger partial charge in [-0.2, -0.15) is 0 Å². The van der Waals surface area contributed by atoms with E-state index in [1.54, 1.807) is 20.8 Å². The summed E-state index contributed by atoms with van der Waals surface area (Å²) < 4.78 is 10.3. The van der Waals surface area contributed by atoms with Crippen LogP contribution in [0.2, 0.25) is 0 Å². The third kappa shape index (κ3) is 2.21. The van der Waals surface area contributed by atoms with Crippen molar-refractivity contribution in [1.82, 2.24) is 0 Å². The summed E-state index contributed by atoms with van der Waals surface area (Å²) in [5.74, 6) is -1.16. The summed E-state index contributed by atoms with van der Waals surface area (Å²) in [5, 5.41) is -0.686. The van der Waals surface area contributed by atoms with E-state index >= 15 is 0 Å². The number of hydrogen-bond donors (Lipinski definition) is 0. The van der Waals surface area contributed by atoms with Crippen molar-refractivity contribution in [2.24, 2.45) is 17.3 Å². The van der Waals surface area contributed by atoms with Crippen molar-refractivity contribution in [3.63, 3.8) is 0 Å². The average molecular weight is 295 g/mol. The van der Waals surface area contributed by atoms with E-state index in [2.05, 4.69) is 0 Å². The second kappa shape index (κ2) is 4.57. The molecule has 2 fully saturated rings. The van der Waals surface area contributed by atoms with Gasteiger partial charge in [0.2, 0.25) is 0 Å². The van der Waals surface area contributed by atoms with Crippen LogP contribution < -0.4 is 0 Å². The third-order valence-corrected chi connectivity index (χ3v) is 4.62. The van der Waals surface area contributed by atoms with Gasteiger partial charge in [0.05, 0.1) is 22.1 Å². The van der Waals surface area contributed by atoms with Crippen LogP contribution in [0.3, 0.4) is 0 Å². The molecular weight excluding hydrogens is 279 g/mol. The van der Waals surface area contributed by atoms with Gasteiger partial charge in [0, 0.05) is 5.92 Å². The summed E-state index contributed by atoms with van der Waals surface area (Å²) in [5.41, 5.74) is -0.572. The fourth-order valence-electron chi connectivity index (χ4n) is 2.22. The molecule has 5 unspecified atom stereocenters. The van der Waals surface area contributed by atoms with Gasteiger partial charge >= 0.3 is 11.9 Å². The highest BCUT2D eigenvalue weighted by atomic mass is 35.5. The summed E-state index contributed by atoms with van der Waals surface area (Å²) in [6.45, 7) is 5.35. The number of ether oxygens (including phenoxy) is 2. The maximum Gasteiger partial charge on any atom is 0.311 e. The molecule has 0 amide bonds. The number of fused-ring (bicyclic) bond motifs is 1. The van der Waals surface area contributed by atoms with Gasteiger partial charge in [0.15, 0.2) is 0 Å². The Balaban J connectivity index is 1.92. The van der Waals surface area contributed by atoms with Crippen LogP contribution in [0.5, 0.6) is 0 Å². The first-order chi connectivity index (χ1) is 8.23. The summed E-state index contributed by atoms with van der Waals surface area (Å²) in [6.07, 6.45) is -0.466. The minimum Gasteiger partial charge on any atom is -0.461 e. The topological polar surface area (TPSA) is 52.6 Å². The number of halogens is 2. The van der Waals surface area contributed by atoms with E-state index in [0.717, 1.165) is 0 Å². The molecule has 1 aliphatic heterocycles. The first kappa shape index (κ1) is 13.9. The van der Waals surface area contributed by atoms with Gasteiger partial charge < -0.3 is 9.47 Å². The van der Waals surface area contributed by atoms with E-state index in [1.165, 1.54) is 0 Å². The van der Waals surface area contributed by atoms with Gasteiger partial charge in [-0.3, -0.25) is 9.59 Å². The van der Waals surface area contributed by atoms with Crippen LogP contribution in [0.15, 0.2) is 0 Å². The molecule has 2 aliphatic rings. The molecule has 0 aromatic heterocycles. The molecule has 0 aromatic rings. The Morgan fingerprint density at radius 2 is 1.94 bits per heavy atom. The molecule has 2 rings (SSSR count). The summed E-state index contributed by atoms with van der Waals surface area (Å²) >= 11 is 12.0. The van der Waals surface area contributed by atoms with Gasteiger partial charge in [-0.05, 0) is 20.8 Å². The lowest BCUT2D eigenvalue weighted by atomic mass is 9.72. The SMILES string of the molecule is CC(C)(C)C(=O)OCC1OC(=O)C2C(Cl)C(Cl)C12. The van der Waals surface area contributed by atoms with Crippen LogP contribution in [0.4, 0.5) is 0 Å². The van der Waals surface area contributed by atoms with Crippen molar-refractivity contribution >= 4 is 35.1 Å². The molecule has 1 saturated carbocycles. The number of carbonyl (C=O) groups excluding carboxylic acids is 2. The van der Waals surface area contributed by atoms with E-state index < -0.39 is 11.5 Å². The van der Waals surface area contributed by atoms with Crippen LogP contribution in [-0.4, -0.2) is 35.4 Å². The van der Waals surface area contributed by atoms with Gasteiger partial charge in [-0.15, -0.1) is 23.2 Å². The number of alkyl halides is 2. The molecule has 1 saturated heterocycles. The highest BCUT2D eigenvalue weighted by Gasteiger charge is 2.62. The van der Waals surface area contributed by atoms with Gasteiger partial charge in [0.25, 0.3) is 0 Å². The molecule has 0 N–H and O–H groups in total. The molecule has 1 aliphatic carbocycles. The molecule has 0 bridgehead atoms. The highest BCUT2D eigenvalue weighted by molar-refractivity contribution is 6.33. The zero-order valence-corrected chi connectivity index (χ0v) is 12.0. The maximum atomic E-state index is 11.6. The third-order valence-electron chi connectivity index (χ3n) is 3.39. The van der Waals surface area contributed by atoms with Crippen molar-refractivity contribution < 1.29 is 19.1 Å². The van der Waals surface area contributed by atoms with Crippen molar-refractivity contribution in [2.45, 2.75) is 37.6 Å². The average Bonchev–Trinajstić information content (AvgIpc) is 2.57. The van der Waals surface area contributed by atoms with Crippen molar-refractivity contribution in [3.8, 4) is 0 Å². The number of esters is 2. The fraction of sp³-hybridized carbons (Fsp3) is 0.833. The molecule has 102 valence electrons. The minimum atomic E-state index is -0.572. The summed E-state index contributed by atoms with van der Waals surface area (Å²) in [4.78, 5) is 23.2. The van der Waals surface area contributed by atoms with Crippen LogP contribution in [0.25, 0.3) is 0 Å².